The van der Waals surface area contributed by atoms with Gasteiger partial charge < -0.3 is 25.8 Å². The SMILES string of the molecule is COCCNc1cccc2[nH]c(C(=O)c3cnn(-c4ccc5[nH]c(C)nc5c4)c3N)cc12. The summed E-state index contributed by atoms with van der Waals surface area (Å²) in [6, 6.07) is 13.4. The molecule has 3 heterocycles. The van der Waals surface area contributed by atoms with Gasteiger partial charge in [0.25, 0.3) is 0 Å². The van der Waals surface area contributed by atoms with E-state index in [1.165, 1.54) is 6.20 Å². The predicted octanol–water partition coefficient (Wildman–Crippen LogP) is 3.41. The number of nitrogen functional groups attached to an aromatic ring is 1. The number of nitrogens with one attached hydrogen (secondary N) is 3. The number of aromatic nitrogens is 5. The number of hydrogen-bond acceptors (Lipinski definition) is 6. The van der Waals surface area contributed by atoms with Crippen molar-refractivity contribution in [3.63, 3.8) is 0 Å². The third-order valence-corrected chi connectivity index (χ3v) is 5.41. The number of nitrogens with two attached hydrogens (primary N) is 1. The number of imidazole rings is 1. The number of hydrogen-bond donors (Lipinski definition) is 4. The molecule has 3 aromatic heterocycles. The second-order valence-electron chi connectivity index (χ2n) is 7.58. The number of rotatable bonds is 7. The molecule has 5 rings (SSSR count). The zero-order valence-electron chi connectivity index (χ0n) is 17.8. The lowest BCUT2D eigenvalue weighted by atomic mass is 10.1. The van der Waals surface area contributed by atoms with Gasteiger partial charge in [0.05, 0.1) is 40.8 Å². The molecule has 2 aromatic carbocycles. The molecule has 5 N–H and O–H groups in total. The first-order valence-corrected chi connectivity index (χ1v) is 10.2. The van der Waals surface area contributed by atoms with Crippen LogP contribution >= 0.6 is 0 Å². The number of ketones is 1. The number of aryl methyl sites for hydroxylation is 1. The van der Waals surface area contributed by atoms with Crippen LogP contribution in [0.3, 0.4) is 0 Å². The normalized spacial score (nSPS) is 11.4. The molecule has 0 saturated carbocycles. The summed E-state index contributed by atoms with van der Waals surface area (Å²) < 4.78 is 6.65. The molecule has 0 spiro atoms. The van der Waals surface area contributed by atoms with Crippen molar-refractivity contribution in [3.8, 4) is 5.69 Å². The summed E-state index contributed by atoms with van der Waals surface area (Å²) in [5.74, 6) is 0.888. The van der Waals surface area contributed by atoms with E-state index in [0.29, 0.717) is 24.4 Å². The van der Waals surface area contributed by atoms with Gasteiger partial charge in [-0.15, -0.1) is 0 Å². The van der Waals surface area contributed by atoms with E-state index >= 15 is 0 Å². The molecule has 0 aliphatic carbocycles. The highest BCUT2D eigenvalue weighted by atomic mass is 16.5. The van der Waals surface area contributed by atoms with E-state index in [-0.39, 0.29) is 11.6 Å². The van der Waals surface area contributed by atoms with Crippen LogP contribution in [0.15, 0.2) is 48.7 Å². The molecule has 0 amide bonds. The highest BCUT2D eigenvalue weighted by Gasteiger charge is 2.20. The predicted molar refractivity (Wildman–Crippen MR) is 124 cm³/mol. The number of methoxy groups -OCH3 is 1. The lowest BCUT2D eigenvalue weighted by Gasteiger charge is -2.06. The third-order valence-electron chi connectivity index (χ3n) is 5.41. The lowest BCUT2D eigenvalue weighted by Crippen LogP contribution is -2.07. The summed E-state index contributed by atoms with van der Waals surface area (Å²) >= 11 is 0. The van der Waals surface area contributed by atoms with Gasteiger partial charge >= 0.3 is 0 Å². The van der Waals surface area contributed by atoms with Crippen LogP contribution in [0.2, 0.25) is 0 Å². The summed E-state index contributed by atoms with van der Waals surface area (Å²) in [4.78, 5) is 24.1. The van der Waals surface area contributed by atoms with Crippen molar-refractivity contribution in [1.82, 2.24) is 24.7 Å². The number of aromatic amines is 2. The average Bonchev–Trinajstić information content (AvgIpc) is 3.48. The molecule has 0 bridgehead atoms. The van der Waals surface area contributed by atoms with E-state index in [9.17, 15) is 4.79 Å². The molecule has 0 fully saturated rings. The van der Waals surface area contributed by atoms with Crippen molar-refractivity contribution in [2.45, 2.75) is 6.92 Å². The highest BCUT2D eigenvalue weighted by molar-refractivity contribution is 6.13. The van der Waals surface area contributed by atoms with Gasteiger partial charge in [-0.05, 0) is 43.3 Å². The van der Waals surface area contributed by atoms with Gasteiger partial charge in [0, 0.05) is 30.2 Å². The van der Waals surface area contributed by atoms with Crippen molar-refractivity contribution in [1.29, 1.82) is 0 Å². The van der Waals surface area contributed by atoms with Crippen LogP contribution in [0.4, 0.5) is 11.5 Å². The molecule has 0 aliphatic heterocycles. The molecule has 9 heteroatoms. The summed E-state index contributed by atoms with van der Waals surface area (Å²) in [5.41, 5.74) is 11.4. The van der Waals surface area contributed by atoms with Crippen molar-refractivity contribution < 1.29 is 9.53 Å². The Balaban J connectivity index is 1.47. The summed E-state index contributed by atoms with van der Waals surface area (Å²) in [6.07, 6.45) is 1.50. The van der Waals surface area contributed by atoms with Gasteiger partial charge in [0.1, 0.15) is 11.6 Å². The monoisotopic (exact) mass is 429 g/mol. The first-order valence-electron chi connectivity index (χ1n) is 10.2. The van der Waals surface area contributed by atoms with Crippen molar-refractivity contribution in [3.05, 3.63) is 65.7 Å². The molecule has 0 radical (unpaired) electrons. The van der Waals surface area contributed by atoms with Gasteiger partial charge in [-0.3, -0.25) is 4.79 Å². The van der Waals surface area contributed by atoms with Crippen molar-refractivity contribution in [2.75, 3.05) is 31.3 Å². The molecule has 0 unspecified atom stereocenters. The van der Waals surface area contributed by atoms with Crippen LogP contribution in [-0.2, 0) is 4.74 Å². The van der Waals surface area contributed by atoms with Crippen LogP contribution in [0, 0.1) is 6.92 Å². The van der Waals surface area contributed by atoms with E-state index in [2.05, 4.69) is 25.4 Å². The largest absolute Gasteiger partial charge is 0.383 e. The van der Waals surface area contributed by atoms with Gasteiger partial charge in [0.15, 0.2) is 0 Å². The van der Waals surface area contributed by atoms with E-state index in [1.807, 2.05) is 49.4 Å². The van der Waals surface area contributed by atoms with E-state index in [0.717, 1.165) is 39.1 Å². The molecule has 0 aliphatic rings. The fourth-order valence-electron chi connectivity index (χ4n) is 3.86. The Morgan fingerprint density at radius 1 is 1.19 bits per heavy atom. The second-order valence-corrected chi connectivity index (χ2v) is 7.58. The molecule has 0 saturated heterocycles. The number of anilines is 2. The Bertz CT molecular complexity index is 1440. The van der Waals surface area contributed by atoms with Crippen LogP contribution < -0.4 is 11.1 Å². The molecule has 32 heavy (non-hydrogen) atoms. The van der Waals surface area contributed by atoms with Crippen molar-refractivity contribution in [2.24, 2.45) is 0 Å². The Hall–Kier alpha value is -4.11. The Morgan fingerprint density at radius 2 is 2.06 bits per heavy atom. The molecule has 9 nitrogen and oxygen atoms in total. The van der Waals surface area contributed by atoms with Crippen LogP contribution in [0.5, 0.6) is 0 Å². The number of benzene rings is 2. The summed E-state index contributed by atoms with van der Waals surface area (Å²) in [5, 5.41) is 8.62. The quantitative estimate of drug-likeness (QED) is 0.232. The Labute approximate surface area is 183 Å². The maximum atomic E-state index is 13.2. The van der Waals surface area contributed by atoms with E-state index in [4.69, 9.17) is 10.5 Å². The van der Waals surface area contributed by atoms with Crippen molar-refractivity contribution >= 4 is 39.2 Å². The summed E-state index contributed by atoms with van der Waals surface area (Å²) in [6.45, 7) is 3.16. The number of carbonyl (C=O) groups excluding carboxylic acids is 1. The maximum Gasteiger partial charge on any atom is 0.214 e. The van der Waals surface area contributed by atoms with Crippen LogP contribution in [-0.4, -0.2) is 50.8 Å². The Morgan fingerprint density at radius 3 is 2.91 bits per heavy atom. The molecular weight excluding hydrogens is 406 g/mol. The topological polar surface area (TPSA) is 127 Å². The number of fused-ring (bicyclic) bond motifs is 2. The molecule has 0 atom stereocenters. The number of nitrogens with zero attached hydrogens (tertiary/aromatic N) is 3. The zero-order chi connectivity index (χ0) is 22.2. The van der Waals surface area contributed by atoms with Gasteiger partial charge in [-0.25, -0.2) is 9.67 Å². The van der Waals surface area contributed by atoms with Gasteiger partial charge in [0.2, 0.25) is 5.78 Å². The smallest absolute Gasteiger partial charge is 0.214 e. The minimum atomic E-state index is -0.218. The minimum Gasteiger partial charge on any atom is -0.383 e. The number of ether oxygens (including phenoxy) is 1. The second kappa shape index (κ2) is 7.86. The number of H-pyrrole nitrogens is 2. The third kappa shape index (κ3) is 3.38. The van der Waals surface area contributed by atoms with Gasteiger partial charge in [-0.1, -0.05) is 6.07 Å². The fourth-order valence-corrected chi connectivity index (χ4v) is 3.86. The number of carbonyl (C=O) groups is 1. The standard InChI is InChI=1S/C23H23N7O2/c1-13-27-19-7-6-14(10-20(19)28-13)30-23(24)16(12-26-30)22(31)21-11-15-17(25-8-9-32-2)4-3-5-18(15)29-21/h3-7,10-12,25,29H,8-9,24H2,1-2H3,(H,27,28). The zero-order valence-corrected chi connectivity index (χ0v) is 17.8. The lowest BCUT2D eigenvalue weighted by molar-refractivity contribution is 0.103. The first kappa shape index (κ1) is 19.8. The van der Waals surface area contributed by atoms with E-state index in [1.54, 1.807) is 11.8 Å². The Kier molecular flexibility index (Phi) is 4.87. The van der Waals surface area contributed by atoms with E-state index < -0.39 is 0 Å². The van der Waals surface area contributed by atoms with Crippen LogP contribution in [0.1, 0.15) is 21.9 Å². The fraction of sp³-hybridized carbons (Fsp3) is 0.174. The highest BCUT2D eigenvalue weighted by Crippen LogP contribution is 2.27. The molecule has 5 aromatic rings. The van der Waals surface area contributed by atoms with Crippen LogP contribution in [0.25, 0.3) is 27.6 Å². The first-order chi connectivity index (χ1) is 15.5. The minimum absolute atomic E-state index is 0.218. The molecule has 162 valence electrons. The summed E-state index contributed by atoms with van der Waals surface area (Å²) in [7, 11) is 1.66. The van der Waals surface area contributed by atoms with Gasteiger partial charge in [-0.2, -0.15) is 5.10 Å². The maximum absolute atomic E-state index is 13.2. The average molecular weight is 429 g/mol. The molecular formula is C23H23N7O2.